The average Bonchev–Trinajstić information content (AvgIpc) is 3.14. The van der Waals surface area contributed by atoms with Gasteiger partial charge in [-0.05, 0) is 75.4 Å². The molecule has 15 heteroatoms. The summed E-state index contributed by atoms with van der Waals surface area (Å²) in [6.07, 6.45) is 1.85. The maximum Gasteiger partial charge on any atom is 0.410 e. The molecule has 0 spiro atoms. The molecule has 1 saturated heterocycles. The van der Waals surface area contributed by atoms with E-state index in [1.807, 2.05) is 57.2 Å². The van der Waals surface area contributed by atoms with Crippen LogP contribution < -0.4 is 14.4 Å². The molecule has 2 aromatic carbocycles. The number of hydrogen-bond acceptors (Lipinski definition) is 13. The number of hydrogen-bond donors (Lipinski definition) is 0. The summed E-state index contributed by atoms with van der Waals surface area (Å²) < 4.78 is 41.1. The lowest BCUT2D eigenvalue weighted by molar-refractivity contribution is -0.757. The van der Waals surface area contributed by atoms with E-state index in [0.717, 1.165) is 47.8 Å². The maximum absolute atomic E-state index is 13.5. The lowest BCUT2D eigenvalue weighted by Crippen LogP contribution is -2.55. The Kier molecular flexibility index (Phi) is 16.9. The van der Waals surface area contributed by atoms with Gasteiger partial charge < -0.3 is 47.8 Å². The highest BCUT2D eigenvalue weighted by molar-refractivity contribution is 5.69. The average molecular weight is 760 g/mol. The summed E-state index contributed by atoms with van der Waals surface area (Å²) in [6, 6.07) is 13.9. The lowest BCUT2D eigenvalue weighted by atomic mass is 9.84. The number of methoxy groups -OCH3 is 2. The van der Waals surface area contributed by atoms with Crippen LogP contribution in [-0.4, -0.2) is 113 Å². The van der Waals surface area contributed by atoms with Crippen LogP contribution in [0.3, 0.4) is 0 Å². The van der Waals surface area contributed by atoms with Gasteiger partial charge in [-0.25, -0.2) is 4.79 Å². The minimum absolute atomic E-state index is 0.00716. The Balaban J connectivity index is 1.46. The van der Waals surface area contributed by atoms with E-state index in [1.54, 1.807) is 19.1 Å². The third-order valence-corrected chi connectivity index (χ3v) is 9.08. The van der Waals surface area contributed by atoms with Crippen molar-refractivity contribution in [2.24, 2.45) is 0 Å². The zero-order chi connectivity index (χ0) is 38.9. The van der Waals surface area contributed by atoms with E-state index in [9.17, 15) is 19.7 Å². The second kappa shape index (κ2) is 21.5. The summed E-state index contributed by atoms with van der Waals surface area (Å²) in [5.74, 6) is 0.975. The Hall–Kier alpha value is -4.34. The minimum Gasteiger partial charge on any atom is -0.497 e. The van der Waals surface area contributed by atoms with Crippen LogP contribution in [-0.2, 0) is 39.9 Å². The molecular formula is C39H57N3O12. The fourth-order valence-corrected chi connectivity index (χ4v) is 6.50. The quantitative estimate of drug-likeness (QED) is 0.0638. The maximum atomic E-state index is 13.5. The molecule has 1 fully saturated rings. The summed E-state index contributed by atoms with van der Waals surface area (Å²) in [6.45, 7) is 9.76. The Morgan fingerprint density at radius 3 is 2.37 bits per heavy atom. The predicted molar refractivity (Wildman–Crippen MR) is 199 cm³/mol. The standard InChI is InChI=1S/C39H57N3O12/c1-39(2,3)54-38(44)41-26-34(49-21-10-22-51-36(43)11-7-6-8-23-53-42(45)46)37(30-13-15-31(48-5)16-14-30)35(27-41)52-28-29-12-17-33-32(25-29)40(19-24-50-33)18-9-20-47-4/h12-17,25,34-35,37H,6-11,18-24,26-28H2,1-5H3/t34-,35+,37+/m1/s1. The molecule has 54 heavy (non-hydrogen) atoms. The summed E-state index contributed by atoms with van der Waals surface area (Å²) >= 11 is 0. The minimum atomic E-state index is -0.823. The molecule has 0 unspecified atom stereocenters. The largest absolute Gasteiger partial charge is 0.497 e. The monoisotopic (exact) mass is 759 g/mol. The first kappa shape index (κ1) is 42.4. The first-order valence-corrected chi connectivity index (χ1v) is 18.7. The van der Waals surface area contributed by atoms with Crippen molar-refractivity contribution in [3.63, 3.8) is 0 Å². The summed E-state index contributed by atoms with van der Waals surface area (Å²) in [7, 11) is 3.33. The smallest absolute Gasteiger partial charge is 0.410 e. The fraction of sp³-hybridized carbons (Fsp3) is 0.641. The number of fused-ring (bicyclic) bond motifs is 1. The van der Waals surface area contributed by atoms with E-state index in [1.165, 1.54) is 0 Å². The molecule has 0 saturated carbocycles. The van der Waals surface area contributed by atoms with E-state index in [0.29, 0.717) is 52.0 Å². The molecule has 0 aromatic heterocycles. The van der Waals surface area contributed by atoms with E-state index in [4.69, 9.17) is 33.2 Å². The van der Waals surface area contributed by atoms with Gasteiger partial charge in [0.05, 0.1) is 71.1 Å². The molecule has 4 rings (SSSR count). The van der Waals surface area contributed by atoms with Crippen molar-refractivity contribution in [1.82, 2.24) is 4.90 Å². The Morgan fingerprint density at radius 2 is 1.67 bits per heavy atom. The van der Waals surface area contributed by atoms with Crippen molar-refractivity contribution in [2.75, 3.05) is 78.3 Å². The number of carbonyl (C=O) groups excluding carboxylic acids is 2. The number of carbonyl (C=O) groups is 2. The molecule has 0 bridgehead atoms. The molecule has 2 aliphatic rings. The topological polar surface area (TPSA) is 158 Å². The molecule has 2 heterocycles. The highest BCUT2D eigenvalue weighted by Crippen LogP contribution is 2.37. The van der Waals surface area contributed by atoms with Gasteiger partial charge in [0.1, 0.15) is 23.7 Å². The third kappa shape index (κ3) is 13.8. The molecule has 0 aliphatic carbocycles. The Bertz CT molecular complexity index is 1470. The van der Waals surface area contributed by atoms with Crippen LogP contribution in [0, 0.1) is 10.1 Å². The SMILES string of the molecule is COCCCN1CCOc2ccc(CO[C@H]3CN(C(=O)OC(C)(C)C)C[C@@H](OCCCOC(=O)CCCCCO[N+](=O)[O-])[C@@H]3c3ccc(OC)cc3)cc21. The third-order valence-electron chi connectivity index (χ3n) is 9.08. The molecular weight excluding hydrogens is 702 g/mol. The molecule has 15 nitrogen and oxygen atoms in total. The highest BCUT2D eigenvalue weighted by atomic mass is 16.9. The normalized spacial score (nSPS) is 18.4. The second-order valence-electron chi connectivity index (χ2n) is 14.4. The van der Waals surface area contributed by atoms with Crippen molar-refractivity contribution in [2.45, 2.75) is 89.6 Å². The predicted octanol–water partition coefficient (Wildman–Crippen LogP) is 5.94. The lowest BCUT2D eigenvalue weighted by Gasteiger charge is -2.43. The Morgan fingerprint density at radius 1 is 0.907 bits per heavy atom. The van der Waals surface area contributed by atoms with Crippen LogP contribution in [0.1, 0.15) is 76.3 Å². The van der Waals surface area contributed by atoms with Crippen molar-refractivity contribution in [1.29, 1.82) is 0 Å². The number of esters is 1. The number of amides is 1. The van der Waals surface area contributed by atoms with Crippen molar-refractivity contribution in [3.05, 3.63) is 63.7 Å². The molecule has 3 atom stereocenters. The fourth-order valence-electron chi connectivity index (χ4n) is 6.50. The van der Waals surface area contributed by atoms with Crippen molar-refractivity contribution >= 4 is 17.7 Å². The molecule has 2 aromatic rings. The Labute approximate surface area is 318 Å². The van der Waals surface area contributed by atoms with Gasteiger partial charge in [-0.3, -0.25) is 4.79 Å². The van der Waals surface area contributed by atoms with E-state index >= 15 is 0 Å². The number of piperidine rings is 1. The van der Waals surface area contributed by atoms with Crippen LogP contribution in [0.2, 0.25) is 0 Å². The van der Waals surface area contributed by atoms with Gasteiger partial charge in [0.2, 0.25) is 0 Å². The van der Waals surface area contributed by atoms with Gasteiger partial charge in [0.15, 0.2) is 0 Å². The van der Waals surface area contributed by atoms with Gasteiger partial charge in [0, 0.05) is 39.0 Å². The summed E-state index contributed by atoms with van der Waals surface area (Å²) in [5, 5.41) is 9.44. The number of unbranched alkanes of at least 4 members (excludes halogenated alkanes) is 2. The van der Waals surface area contributed by atoms with E-state index < -0.39 is 29.0 Å². The number of likely N-dealkylation sites (tertiary alicyclic amines) is 1. The number of nitrogens with zero attached hydrogens (tertiary/aromatic N) is 3. The van der Waals surface area contributed by atoms with E-state index in [-0.39, 0.29) is 44.7 Å². The molecule has 0 radical (unpaired) electrons. The van der Waals surface area contributed by atoms with Crippen molar-refractivity contribution in [3.8, 4) is 11.5 Å². The van der Waals surface area contributed by atoms with Gasteiger partial charge in [-0.2, -0.15) is 0 Å². The van der Waals surface area contributed by atoms with Gasteiger partial charge in [-0.1, -0.05) is 24.6 Å². The molecule has 1 amide bonds. The van der Waals surface area contributed by atoms with Crippen LogP contribution in [0.5, 0.6) is 11.5 Å². The van der Waals surface area contributed by atoms with Crippen LogP contribution in [0.4, 0.5) is 10.5 Å². The molecule has 2 aliphatic heterocycles. The van der Waals surface area contributed by atoms with Gasteiger partial charge >= 0.3 is 12.1 Å². The van der Waals surface area contributed by atoms with Crippen molar-refractivity contribution < 1.29 is 52.7 Å². The summed E-state index contributed by atoms with van der Waals surface area (Å²) in [5.41, 5.74) is 2.29. The highest BCUT2D eigenvalue weighted by Gasteiger charge is 2.42. The zero-order valence-electron chi connectivity index (χ0n) is 32.3. The summed E-state index contributed by atoms with van der Waals surface area (Å²) in [4.78, 5) is 44.3. The van der Waals surface area contributed by atoms with Gasteiger partial charge in [0.25, 0.3) is 5.09 Å². The first-order valence-electron chi connectivity index (χ1n) is 18.7. The molecule has 300 valence electrons. The van der Waals surface area contributed by atoms with Crippen LogP contribution in [0.25, 0.3) is 0 Å². The van der Waals surface area contributed by atoms with Crippen LogP contribution in [0.15, 0.2) is 42.5 Å². The number of benzene rings is 2. The molecule has 0 N–H and O–H groups in total. The first-order chi connectivity index (χ1) is 26.0. The van der Waals surface area contributed by atoms with E-state index in [2.05, 4.69) is 15.8 Å². The number of anilines is 1. The number of rotatable bonds is 21. The number of ether oxygens (including phenoxy) is 7. The van der Waals surface area contributed by atoms with Crippen LogP contribution >= 0.6 is 0 Å². The second-order valence-corrected chi connectivity index (χ2v) is 14.4. The van der Waals surface area contributed by atoms with Gasteiger partial charge in [-0.15, -0.1) is 10.1 Å². The zero-order valence-corrected chi connectivity index (χ0v) is 32.3.